The summed E-state index contributed by atoms with van der Waals surface area (Å²) in [4.78, 5) is 4.45. The van der Waals surface area contributed by atoms with Gasteiger partial charge in [-0.15, -0.1) is 0 Å². The van der Waals surface area contributed by atoms with Crippen LogP contribution >= 0.6 is 0 Å². The van der Waals surface area contributed by atoms with Gasteiger partial charge in [0, 0.05) is 17.8 Å². The minimum atomic E-state index is -3.60. The third-order valence-electron chi connectivity index (χ3n) is 6.46. The Labute approximate surface area is 154 Å². The molecular formula is C19H27N3O3S. The second kappa shape index (κ2) is 6.22. The standard InChI is InChI=1S/C19H27N3O3S/c1-11-7-17(25-21-11)10-26(23,24)19-20-12(2)13(3)22(19)14(4)18-9-15-5-6-16(18)8-15/h7,14-16,18H,5-6,8-10H2,1-4H3/t14-,15-,16-,18+/m0/s1. The van der Waals surface area contributed by atoms with Crippen LogP contribution in [0.1, 0.15) is 61.5 Å². The zero-order valence-corrected chi connectivity index (χ0v) is 16.7. The van der Waals surface area contributed by atoms with Gasteiger partial charge in [0.1, 0.15) is 5.75 Å². The van der Waals surface area contributed by atoms with Gasteiger partial charge in [-0.2, -0.15) is 0 Å². The number of fused-ring (bicyclic) bond motifs is 2. The van der Waals surface area contributed by atoms with Gasteiger partial charge in [-0.05, 0) is 64.7 Å². The summed E-state index contributed by atoms with van der Waals surface area (Å²) in [6.45, 7) is 7.81. The van der Waals surface area contributed by atoms with E-state index in [1.807, 2.05) is 18.4 Å². The van der Waals surface area contributed by atoms with Crippen molar-refractivity contribution in [1.29, 1.82) is 0 Å². The Morgan fingerprint density at radius 3 is 2.62 bits per heavy atom. The minimum absolute atomic E-state index is 0.146. The molecule has 2 aliphatic carbocycles. The van der Waals surface area contributed by atoms with E-state index in [9.17, 15) is 8.42 Å². The Kier molecular flexibility index (Phi) is 4.25. The van der Waals surface area contributed by atoms with Crippen LogP contribution in [0.25, 0.3) is 0 Å². The molecule has 26 heavy (non-hydrogen) atoms. The molecule has 0 unspecified atom stereocenters. The minimum Gasteiger partial charge on any atom is -0.360 e. The van der Waals surface area contributed by atoms with Crippen molar-refractivity contribution in [3.05, 3.63) is 28.9 Å². The smallest absolute Gasteiger partial charge is 0.228 e. The van der Waals surface area contributed by atoms with Gasteiger partial charge in [0.05, 0.1) is 11.4 Å². The molecule has 0 spiro atoms. The van der Waals surface area contributed by atoms with Crippen molar-refractivity contribution in [3.8, 4) is 0 Å². The predicted octanol–water partition coefficient (Wildman–Crippen LogP) is 3.77. The molecule has 2 bridgehead atoms. The lowest BCUT2D eigenvalue weighted by molar-refractivity contribution is 0.231. The van der Waals surface area contributed by atoms with Crippen molar-refractivity contribution in [1.82, 2.24) is 14.7 Å². The van der Waals surface area contributed by atoms with E-state index < -0.39 is 9.84 Å². The first-order valence-corrected chi connectivity index (χ1v) is 11.1. The largest absolute Gasteiger partial charge is 0.360 e. The Balaban J connectivity index is 1.69. The number of rotatable bonds is 5. The quantitative estimate of drug-likeness (QED) is 0.792. The number of aryl methyl sites for hydroxylation is 2. The van der Waals surface area contributed by atoms with Gasteiger partial charge >= 0.3 is 0 Å². The topological polar surface area (TPSA) is 78.0 Å². The van der Waals surface area contributed by atoms with Crippen molar-refractivity contribution in [3.63, 3.8) is 0 Å². The first-order valence-electron chi connectivity index (χ1n) is 9.46. The molecule has 0 radical (unpaired) electrons. The molecule has 6 nitrogen and oxygen atoms in total. The first kappa shape index (κ1) is 17.8. The number of aromatic nitrogens is 3. The zero-order valence-electron chi connectivity index (χ0n) is 15.9. The van der Waals surface area contributed by atoms with E-state index in [2.05, 4.69) is 17.1 Å². The molecule has 2 aromatic heterocycles. The summed E-state index contributed by atoms with van der Waals surface area (Å²) >= 11 is 0. The number of hydrogen-bond acceptors (Lipinski definition) is 5. The Bertz CT molecular complexity index is 928. The Morgan fingerprint density at radius 2 is 2.04 bits per heavy atom. The maximum atomic E-state index is 13.1. The van der Waals surface area contributed by atoms with Crippen molar-refractivity contribution in [2.45, 2.75) is 70.3 Å². The summed E-state index contributed by atoms with van der Waals surface area (Å²) in [6.07, 6.45) is 5.14. The van der Waals surface area contributed by atoms with Crippen LogP contribution in [-0.2, 0) is 15.6 Å². The van der Waals surface area contributed by atoms with Crippen molar-refractivity contribution in [2.24, 2.45) is 17.8 Å². The van der Waals surface area contributed by atoms with Crippen LogP contribution in [0.5, 0.6) is 0 Å². The van der Waals surface area contributed by atoms with E-state index in [0.29, 0.717) is 17.4 Å². The summed E-state index contributed by atoms with van der Waals surface area (Å²) in [5.74, 6) is 2.26. The van der Waals surface area contributed by atoms with Gasteiger partial charge < -0.3 is 9.09 Å². The highest BCUT2D eigenvalue weighted by Gasteiger charge is 2.43. The molecule has 2 heterocycles. The second-order valence-electron chi connectivity index (χ2n) is 8.21. The van der Waals surface area contributed by atoms with Crippen molar-refractivity contribution < 1.29 is 12.9 Å². The number of imidazole rings is 1. The molecule has 0 aliphatic heterocycles. The normalized spacial score (nSPS) is 26.5. The van der Waals surface area contributed by atoms with E-state index in [4.69, 9.17) is 4.52 Å². The van der Waals surface area contributed by atoms with Crippen LogP contribution in [0.2, 0.25) is 0 Å². The first-order chi connectivity index (χ1) is 12.3. The summed E-state index contributed by atoms with van der Waals surface area (Å²) in [5, 5.41) is 3.97. The molecule has 2 aromatic rings. The molecule has 4 atom stereocenters. The summed E-state index contributed by atoms with van der Waals surface area (Å²) < 4.78 is 33.3. The van der Waals surface area contributed by atoms with Crippen LogP contribution in [0.3, 0.4) is 0 Å². The van der Waals surface area contributed by atoms with E-state index in [-0.39, 0.29) is 17.0 Å². The lowest BCUT2D eigenvalue weighted by Gasteiger charge is -2.30. The van der Waals surface area contributed by atoms with E-state index in [1.165, 1.54) is 25.7 Å². The summed E-state index contributed by atoms with van der Waals surface area (Å²) in [5.41, 5.74) is 2.42. The molecule has 2 saturated carbocycles. The number of sulfone groups is 1. The van der Waals surface area contributed by atoms with E-state index >= 15 is 0 Å². The van der Waals surface area contributed by atoms with Gasteiger partial charge in [0.2, 0.25) is 15.0 Å². The molecule has 7 heteroatoms. The van der Waals surface area contributed by atoms with Gasteiger partial charge in [0.15, 0.2) is 5.76 Å². The van der Waals surface area contributed by atoms with E-state index in [1.54, 1.807) is 13.0 Å². The van der Waals surface area contributed by atoms with Gasteiger partial charge in [-0.25, -0.2) is 13.4 Å². The predicted molar refractivity (Wildman–Crippen MR) is 97.5 cm³/mol. The Hall–Kier alpha value is -1.63. The molecule has 2 fully saturated rings. The van der Waals surface area contributed by atoms with Gasteiger partial charge in [-0.1, -0.05) is 11.6 Å². The van der Waals surface area contributed by atoms with Crippen LogP contribution in [0, 0.1) is 38.5 Å². The third-order valence-corrected chi connectivity index (χ3v) is 7.97. The van der Waals surface area contributed by atoms with Crippen LogP contribution in [-0.4, -0.2) is 23.1 Å². The monoisotopic (exact) mass is 377 g/mol. The fourth-order valence-electron chi connectivity index (χ4n) is 5.11. The lowest BCUT2D eigenvalue weighted by atomic mass is 9.84. The van der Waals surface area contributed by atoms with Crippen LogP contribution < -0.4 is 0 Å². The SMILES string of the molecule is Cc1cc(CS(=O)(=O)c2nc(C)c(C)n2[C@@H](C)[C@H]2C[C@H]3CC[C@H]2C3)on1. The van der Waals surface area contributed by atoms with Crippen LogP contribution in [0.4, 0.5) is 0 Å². The zero-order chi connectivity index (χ0) is 18.6. The molecule has 2 aliphatic rings. The van der Waals surface area contributed by atoms with Crippen molar-refractivity contribution in [2.75, 3.05) is 0 Å². The average Bonchev–Trinajstić information content (AvgIpc) is 3.33. The highest BCUT2D eigenvalue weighted by atomic mass is 32.2. The molecule has 4 rings (SSSR count). The summed E-state index contributed by atoms with van der Waals surface area (Å²) in [6, 6.07) is 1.82. The van der Waals surface area contributed by atoms with Gasteiger partial charge in [0.25, 0.3) is 0 Å². The Morgan fingerprint density at radius 1 is 1.27 bits per heavy atom. The molecule has 142 valence electrons. The highest BCUT2D eigenvalue weighted by Crippen LogP contribution is 2.52. The average molecular weight is 378 g/mol. The fraction of sp³-hybridized carbons (Fsp3) is 0.684. The molecule has 0 N–H and O–H groups in total. The highest BCUT2D eigenvalue weighted by molar-refractivity contribution is 7.90. The second-order valence-corrected chi connectivity index (χ2v) is 10.1. The molecule has 0 saturated heterocycles. The van der Waals surface area contributed by atoms with Gasteiger partial charge in [-0.3, -0.25) is 0 Å². The number of hydrogen-bond donors (Lipinski definition) is 0. The van der Waals surface area contributed by atoms with E-state index in [0.717, 1.165) is 23.2 Å². The molecule has 0 aromatic carbocycles. The van der Waals surface area contributed by atoms with Crippen molar-refractivity contribution >= 4 is 9.84 Å². The maximum Gasteiger partial charge on any atom is 0.228 e. The number of nitrogens with zero attached hydrogens (tertiary/aromatic N) is 3. The molecular weight excluding hydrogens is 350 g/mol. The summed E-state index contributed by atoms with van der Waals surface area (Å²) in [7, 11) is -3.60. The maximum absolute atomic E-state index is 13.1. The fourth-order valence-corrected chi connectivity index (χ4v) is 6.63. The third kappa shape index (κ3) is 2.90. The molecule has 0 amide bonds. The lowest BCUT2D eigenvalue weighted by Crippen LogP contribution is -2.25. The van der Waals surface area contributed by atoms with Crippen LogP contribution in [0.15, 0.2) is 15.7 Å².